The molecule has 2 aromatic rings. The van der Waals surface area contributed by atoms with E-state index in [1.807, 2.05) is 6.07 Å². The van der Waals surface area contributed by atoms with Gasteiger partial charge in [0.1, 0.15) is 11.9 Å². The van der Waals surface area contributed by atoms with Crippen LogP contribution in [0.3, 0.4) is 0 Å². The van der Waals surface area contributed by atoms with Crippen molar-refractivity contribution in [2.75, 3.05) is 24.8 Å². The van der Waals surface area contributed by atoms with E-state index < -0.39 is 5.82 Å². The molecular weight excluding hydrogens is 263 g/mol. The van der Waals surface area contributed by atoms with Gasteiger partial charge < -0.3 is 15.4 Å². The van der Waals surface area contributed by atoms with Crippen LogP contribution in [0.2, 0.25) is 0 Å². The third kappa shape index (κ3) is 2.89. The SMILES string of the molecule is CNc1nc(Nc2ccc(F)cc2C#N)nc(OC)n1. The first-order valence-corrected chi connectivity index (χ1v) is 5.60. The van der Waals surface area contributed by atoms with Crippen LogP contribution >= 0.6 is 0 Å². The standard InChI is InChI=1S/C12H11FN6O/c1-15-10-17-11(19-12(18-10)20-2)16-9-4-3-8(13)5-7(9)6-14/h3-5H,1-2H3,(H2,15,16,17,18,19). The van der Waals surface area contributed by atoms with Crippen LogP contribution in [-0.4, -0.2) is 29.1 Å². The van der Waals surface area contributed by atoms with Crippen molar-refractivity contribution in [2.24, 2.45) is 0 Å². The van der Waals surface area contributed by atoms with Gasteiger partial charge >= 0.3 is 6.01 Å². The number of halogens is 1. The molecule has 0 unspecified atom stereocenters. The van der Waals surface area contributed by atoms with Gasteiger partial charge in [0, 0.05) is 7.05 Å². The lowest BCUT2D eigenvalue weighted by Crippen LogP contribution is -2.06. The van der Waals surface area contributed by atoms with E-state index in [0.717, 1.165) is 6.07 Å². The van der Waals surface area contributed by atoms with Gasteiger partial charge in [-0.15, -0.1) is 0 Å². The summed E-state index contributed by atoms with van der Waals surface area (Å²) in [6, 6.07) is 5.81. The number of methoxy groups -OCH3 is 1. The summed E-state index contributed by atoms with van der Waals surface area (Å²) in [7, 11) is 3.08. The number of nitriles is 1. The van der Waals surface area contributed by atoms with E-state index in [-0.39, 0.29) is 17.5 Å². The molecule has 0 aliphatic rings. The fourth-order valence-corrected chi connectivity index (χ4v) is 1.45. The minimum atomic E-state index is -0.490. The Morgan fingerprint density at radius 3 is 2.65 bits per heavy atom. The molecule has 1 aromatic heterocycles. The molecule has 0 fully saturated rings. The summed E-state index contributed by atoms with van der Waals surface area (Å²) < 4.78 is 18.0. The molecule has 0 radical (unpaired) electrons. The molecule has 1 aromatic carbocycles. The van der Waals surface area contributed by atoms with E-state index in [1.54, 1.807) is 7.05 Å². The lowest BCUT2D eigenvalue weighted by Gasteiger charge is -2.09. The van der Waals surface area contributed by atoms with Crippen molar-refractivity contribution in [1.29, 1.82) is 5.26 Å². The second-order valence-electron chi connectivity index (χ2n) is 3.65. The van der Waals surface area contributed by atoms with Gasteiger partial charge in [0.2, 0.25) is 11.9 Å². The number of nitrogens with zero attached hydrogens (tertiary/aromatic N) is 4. The predicted molar refractivity (Wildman–Crippen MR) is 70.3 cm³/mol. The van der Waals surface area contributed by atoms with E-state index >= 15 is 0 Å². The Hall–Kier alpha value is -2.95. The van der Waals surface area contributed by atoms with Crippen LogP contribution in [0.5, 0.6) is 6.01 Å². The molecule has 0 aliphatic heterocycles. The molecule has 0 spiro atoms. The zero-order valence-corrected chi connectivity index (χ0v) is 10.8. The van der Waals surface area contributed by atoms with Crippen LogP contribution in [-0.2, 0) is 0 Å². The highest BCUT2D eigenvalue weighted by Gasteiger charge is 2.09. The lowest BCUT2D eigenvalue weighted by atomic mass is 10.2. The van der Waals surface area contributed by atoms with Crippen molar-refractivity contribution < 1.29 is 9.13 Å². The van der Waals surface area contributed by atoms with Gasteiger partial charge in [0.15, 0.2) is 0 Å². The van der Waals surface area contributed by atoms with Crippen molar-refractivity contribution in [3.05, 3.63) is 29.6 Å². The largest absolute Gasteiger partial charge is 0.467 e. The van der Waals surface area contributed by atoms with Crippen molar-refractivity contribution in [1.82, 2.24) is 15.0 Å². The summed E-state index contributed by atoms with van der Waals surface area (Å²) in [5.74, 6) is 0.000480. The Balaban J connectivity index is 2.37. The zero-order valence-electron chi connectivity index (χ0n) is 10.8. The maximum Gasteiger partial charge on any atom is 0.322 e. The molecule has 0 saturated carbocycles. The normalized spacial score (nSPS) is 9.70. The second-order valence-corrected chi connectivity index (χ2v) is 3.65. The molecular formula is C12H11FN6O. The number of hydrogen-bond donors (Lipinski definition) is 2. The van der Waals surface area contributed by atoms with E-state index in [1.165, 1.54) is 19.2 Å². The van der Waals surface area contributed by atoms with Crippen LogP contribution in [0.25, 0.3) is 0 Å². The monoisotopic (exact) mass is 274 g/mol. The minimum Gasteiger partial charge on any atom is -0.467 e. The lowest BCUT2D eigenvalue weighted by molar-refractivity contribution is 0.379. The van der Waals surface area contributed by atoms with Crippen LogP contribution < -0.4 is 15.4 Å². The fraction of sp³-hybridized carbons (Fsp3) is 0.167. The zero-order chi connectivity index (χ0) is 14.5. The third-order valence-electron chi connectivity index (χ3n) is 2.37. The van der Waals surface area contributed by atoms with Gasteiger partial charge in [0.25, 0.3) is 0 Å². The summed E-state index contributed by atoms with van der Waals surface area (Å²) in [6.07, 6.45) is 0. The van der Waals surface area contributed by atoms with Gasteiger partial charge in [-0.1, -0.05) is 0 Å². The number of rotatable bonds is 4. The van der Waals surface area contributed by atoms with Crippen molar-refractivity contribution in [3.8, 4) is 12.1 Å². The molecule has 0 bridgehead atoms. The van der Waals surface area contributed by atoms with Gasteiger partial charge in [0.05, 0.1) is 18.4 Å². The summed E-state index contributed by atoms with van der Waals surface area (Å²) in [4.78, 5) is 12.0. The number of ether oxygens (including phenoxy) is 1. The summed E-state index contributed by atoms with van der Waals surface area (Å²) >= 11 is 0. The van der Waals surface area contributed by atoms with Crippen LogP contribution in [0, 0.1) is 17.1 Å². The molecule has 102 valence electrons. The number of nitrogens with one attached hydrogen (secondary N) is 2. The van der Waals surface area contributed by atoms with Gasteiger partial charge in [-0.2, -0.15) is 20.2 Å². The number of aromatic nitrogens is 3. The Morgan fingerprint density at radius 2 is 2.00 bits per heavy atom. The summed E-state index contributed by atoms with van der Waals surface area (Å²) in [5.41, 5.74) is 0.541. The van der Waals surface area contributed by atoms with E-state index in [0.29, 0.717) is 11.6 Å². The quantitative estimate of drug-likeness (QED) is 0.875. The first-order valence-electron chi connectivity index (χ1n) is 5.60. The van der Waals surface area contributed by atoms with Crippen LogP contribution in [0.1, 0.15) is 5.56 Å². The number of benzene rings is 1. The maximum absolute atomic E-state index is 13.1. The molecule has 0 atom stereocenters. The average molecular weight is 274 g/mol. The minimum absolute atomic E-state index is 0.118. The highest BCUT2D eigenvalue weighted by Crippen LogP contribution is 2.20. The first-order chi connectivity index (χ1) is 9.66. The molecule has 8 heteroatoms. The Labute approximate surface area is 114 Å². The molecule has 0 amide bonds. The molecule has 0 aliphatic carbocycles. The molecule has 2 rings (SSSR count). The highest BCUT2D eigenvalue weighted by atomic mass is 19.1. The number of hydrogen-bond acceptors (Lipinski definition) is 7. The van der Waals surface area contributed by atoms with E-state index in [4.69, 9.17) is 10.00 Å². The van der Waals surface area contributed by atoms with Crippen LogP contribution in [0.15, 0.2) is 18.2 Å². The smallest absolute Gasteiger partial charge is 0.322 e. The average Bonchev–Trinajstić information content (AvgIpc) is 2.48. The molecule has 1 heterocycles. The maximum atomic E-state index is 13.1. The van der Waals surface area contributed by atoms with E-state index in [9.17, 15) is 4.39 Å². The van der Waals surface area contributed by atoms with Crippen molar-refractivity contribution >= 4 is 17.6 Å². The molecule has 0 saturated heterocycles. The Morgan fingerprint density at radius 1 is 1.25 bits per heavy atom. The van der Waals surface area contributed by atoms with Gasteiger partial charge in [-0.3, -0.25) is 0 Å². The molecule has 2 N–H and O–H groups in total. The fourth-order valence-electron chi connectivity index (χ4n) is 1.45. The third-order valence-corrected chi connectivity index (χ3v) is 2.37. The van der Waals surface area contributed by atoms with Gasteiger partial charge in [-0.25, -0.2) is 4.39 Å². The Bertz CT molecular complexity index is 647. The summed E-state index contributed by atoms with van der Waals surface area (Å²) in [6.45, 7) is 0. The summed E-state index contributed by atoms with van der Waals surface area (Å²) in [5, 5.41) is 14.6. The predicted octanol–water partition coefficient (Wildman–Crippen LogP) is 1.68. The molecule has 20 heavy (non-hydrogen) atoms. The van der Waals surface area contributed by atoms with Crippen LogP contribution in [0.4, 0.5) is 22.0 Å². The van der Waals surface area contributed by atoms with Gasteiger partial charge in [-0.05, 0) is 18.2 Å². The second kappa shape index (κ2) is 5.79. The van der Waals surface area contributed by atoms with Crippen molar-refractivity contribution in [2.45, 2.75) is 0 Å². The first kappa shape index (κ1) is 13.5. The topological polar surface area (TPSA) is 95.8 Å². The highest BCUT2D eigenvalue weighted by molar-refractivity contribution is 5.63. The van der Waals surface area contributed by atoms with E-state index in [2.05, 4.69) is 25.6 Å². The van der Waals surface area contributed by atoms with Crippen molar-refractivity contribution in [3.63, 3.8) is 0 Å². The Kier molecular flexibility index (Phi) is 3.91. The molecule has 7 nitrogen and oxygen atoms in total. The number of anilines is 3.